The fraction of sp³-hybridized carbons (Fsp3) is 0.455. The van der Waals surface area contributed by atoms with E-state index < -0.39 is 0 Å². The minimum Gasteiger partial charge on any atom is -0.327 e. The van der Waals surface area contributed by atoms with Gasteiger partial charge in [-0.25, -0.2) is 9.67 Å². The number of nitrogens with two attached hydrogens (primary N) is 1. The zero-order chi connectivity index (χ0) is 12.4. The average molecular weight is 268 g/mol. The van der Waals surface area contributed by atoms with Crippen LogP contribution in [0.4, 0.5) is 0 Å². The molecule has 0 amide bonds. The van der Waals surface area contributed by atoms with Gasteiger partial charge < -0.3 is 5.73 Å². The second kappa shape index (κ2) is 5.20. The van der Waals surface area contributed by atoms with Gasteiger partial charge in [-0.3, -0.25) is 0 Å². The van der Waals surface area contributed by atoms with E-state index in [0.29, 0.717) is 0 Å². The highest BCUT2D eigenvalue weighted by Crippen LogP contribution is 2.39. The van der Waals surface area contributed by atoms with Crippen LogP contribution >= 0.6 is 23.1 Å². The fourth-order valence-corrected chi connectivity index (χ4v) is 3.96. The van der Waals surface area contributed by atoms with Gasteiger partial charge in [0, 0.05) is 18.0 Å². The number of aryl methyl sites for hydroxylation is 2. The van der Waals surface area contributed by atoms with Crippen molar-refractivity contribution < 1.29 is 0 Å². The van der Waals surface area contributed by atoms with E-state index in [2.05, 4.69) is 28.5 Å². The molecule has 0 fully saturated rings. The summed E-state index contributed by atoms with van der Waals surface area (Å²) >= 11 is 3.43. The third-order valence-corrected chi connectivity index (χ3v) is 5.29. The van der Waals surface area contributed by atoms with Crippen LogP contribution in [-0.4, -0.2) is 20.8 Å². The fourth-order valence-electron chi connectivity index (χ4n) is 1.58. The third-order valence-electron chi connectivity index (χ3n) is 2.54. The highest BCUT2D eigenvalue weighted by molar-refractivity contribution is 7.99. The minimum atomic E-state index is 0.0778. The SMILES string of the molecule is Cc1ccsc1C(Sc1ncnn1C)C(C)N. The van der Waals surface area contributed by atoms with E-state index >= 15 is 0 Å². The van der Waals surface area contributed by atoms with Gasteiger partial charge in [0.1, 0.15) is 6.33 Å². The first-order valence-corrected chi connectivity index (χ1v) is 7.15. The van der Waals surface area contributed by atoms with Gasteiger partial charge in [-0.1, -0.05) is 11.8 Å². The van der Waals surface area contributed by atoms with Crippen molar-refractivity contribution in [1.29, 1.82) is 0 Å². The lowest BCUT2D eigenvalue weighted by Crippen LogP contribution is -2.22. The summed E-state index contributed by atoms with van der Waals surface area (Å²) in [6, 6.07) is 2.21. The largest absolute Gasteiger partial charge is 0.327 e. The Balaban J connectivity index is 2.25. The molecular weight excluding hydrogens is 252 g/mol. The third kappa shape index (κ3) is 2.70. The molecule has 6 heteroatoms. The summed E-state index contributed by atoms with van der Waals surface area (Å²) in [6.45, 7) is 4.16. The normalized spacial score (nSPS) is 14.8. The lowest BCUT2D eigenvalue weighted by molar-refractivity contribution is 0.673. The first-order valence-electron chi connectivity index (χ1n) is 5.40. The van der Waals surface area contributed by atoms with Crippen molar-refractivity contribution >= 4 is 23.1 Å². The van der Waals surface area contributed by atoms with E-state index in [-0.39, 0.29) is 11.3 Å². The Bertz CT molecular complexity index is 489. The molecule has 0 radical (unpaired) electrons. The number of hydrogen-bond donors (Lipinski definition) is 1. The standard InChI is InChI=1S/C11H16N4S2/c1-7-4-5-16-9(7)10(8(2)12)17-11-13-6-14-15(11)3/h4-6,8,10H,12H2,1-3H3. The predicted molar refractivity (Wildman–Crippen MR) is 72.3 cm³/mol. The maximum Gasteiger partial charge on any atom is 0.186 e. The van der Waals surface area contributed by atoms with Crippen molar-refractivity contribution in [1.82, 2.24) is 14.8 Å². The van der Waals surface area contributed by atoms with Crippen LogP contribution in [0.15, 0.2) is 22.9 Å². The van der Waals surface area contributed by atoms with Crippen LogP contribution in [0, 0.1) is 6.92 Å². The Morgan fingerprint density at radius 2 is 2.29 bits per heavy atom. The van der Waals surface area contributed by atoms with Crippen molar-refractivity contribution in [2.75, 3.05) is 0 Å². The number of aromatic nitrogens is 3. The van der Waals surface area contributed by atoms with Gasteiger partial charge in [0.05, 0.1) is 5.25 Å². The van der Waals surface area contributed by atoms with Crippen LogP contribution in [0.5, 0.6) is 0 Å². The molecule has 2 aromatic heterocycles. The predicted octanol–water partition coefficient (Wildman–Crippen LogP) is 2.37. The van der Waals surface area contributed by atoms with Crippen LogP contribution in [0.2, 0.25) is 0 Å². The molecule has 2 aromatic rings. The van der Waals surface area contributed by atoms with E-state index in [0.717, 1.165) is 5.16 Å². The lowest BCUT2D eigenvalue weighted by atomic mass is 10.1. The molecular formula is C11H16N4S2. The Morgan fingerprint density at radius 3 is 2.76 bits per heavy atom. The smallest absolute Gasteiger partial charge is 0.186 e. The number of nitrogens with zero attached hydrogens (tertiary/aromatic N) is 3. The maximum absolute atomic E-state index is 6.09. The summed E-state index contributed by atoms with van der Waals surface area (Å²) in [5, 5.41) is 7.33. The van der Waals surface area contributed by atoms with E-state index in [1.807, 2.05) is 14.0 Å². The molecule has 0 saturated carbocycles. The van der Waals surface area contributed by atoms with Gasteiger partial charge in [-0.15, -0.1) is 11.3 Å². The molecule has 0 aliphatic carbocycles. The van der Waals surface area contributed by atoms with Gasteiger partial charge in [0.2, 0.25) is 0 Å². The quantitative estimate of drug-likeness (QED) is 0.865. The molecule has 0 aromatic carbocycles. The first kappa shape index (κ1) is 12.6. The summed E-state index contributed by atoms with van der Waals surface area (Å²) in [5.41, 5.74) is 7.39. The first-order chi connectivity index (χ1) is 8.09. The molecule has 2 rings (SSSR count). The zero-order valence-corrected chi connectivity index (χ0v) is 11.8. The van der Waals surface area contributed by atoms with Gasteiger partial charge in [-0.2, -0.15) is 5.10 Å². The molecule has 2 atom stereocenters. The van der Waals surface area contributed by atoms with Crippen LogP contribution in [0.1, 0.15) is 22.6 Å². The molecule has 0 spiro atoms. The van der Waals surface area contributed by atoms with Gasteiger partial charge in [-0.05, 0) is 30.9 Å². The highest BCUT2D eigenvalue weighted by Gasteiger charge is 2.22. The molecule has 0 bridgehead atoms. The summed E-state index contributed by atoms with van der Waals surface area (Å²) in [6.07, 6.45) is 1.57. The molecule has 92 valence electrons. The molecule has 0 aliphatic heterocycles. The highest BCUT2D eigenvalue weighted by atomic mass is 32.2. The van der Waals surface area contributed by atoms with Crippen LogP contribution in [-0.2, 0) is 7.05 Å². The lowest BCUT2D eigenvalue weighted by Gasteiger charge is -2.19. The molecule has 2 unspecified atom stereocenters. The van der Waals surface area contributed by atoms with E-state index in [1.165, 1.54) is 10.4 Å². The summed E-state index contributed by atoms with van der Waals surface area (Å²) < 4.78 is 1.78. The Kier molecular flexibility index (Phi) is 3.86. The molecule has 17 heavy (non-hydrogen) atoms. The monoisotopic (exact) mass is 268 g/mol. The van der Waals surface area contributed by atoms with Crippen molar-refractivity contribution in [3.8, 4) is 0 Å². The molecule has 0 aliphatic rings. The molecule has 2 heterocycles. The second-order valence-electron chi connectivity index (χ2n) is 4.03. The topological polar surface area (TPSA) is 56.7 Å². The molecule has 0 saturated heterocycles. The second-order valence-corrected chi connectivity index (χ2v) is 6.09. The van der Waals surface area contributed by atoms with Crippen molar-refractivity contribution in [2.24, 2.45) is 12.8 Å². The summed E-state index contributed by atoms with van der Waals surface area (Å²) in [7, 11) is 1.90. The number of thioether (sulfide) groups is 1. The van der Waals surface area contributed by atoms with Crippen molar-refractivity contribution in [3.05, 3.63) is 28.2 Å². The van der Waals surface area contributed by atoms with Crippen LogP contribution < -0.4 is 5.73 Å². The maximum atomic E-state index is 6.09. The van der Waals surface area contributed by atoms with Gasteiger partial charge in [0.15, 0.2) is 5.16 Å². The van der Waals surface area contributed by atoms with Crippen molar-refractivity contribution in [2.45, 2.75) is 30.3 Å². The zero-order valence-electron chi connectivity index (χ0n) is 10.1. The van der Waals surface area contributed by atoms with E-state index in [1.54, 1.807) is 34.1 Å². The molecule has 4 nitrogen and oxygen atoms in total. The summed E-state index contributed by atoms with van der Waals surface area (Å²) in [4.78, 5) is 5.57. The number of rotatable bonds is 4. The number of thiophene rings is 1. The summed E-state index contributed by atoms with van der Waals surface area (Å²) in [5.74, 6) is 0. The van der Waals surface area contributed by atoms with Gasteiger partial charge in [0.25, 0.3) is 0 Å². The Morgan fingerprint density at radius 1 is 1.53 bits per heavy atom. The Hall–Kier alpha value is -0.850. The van der Waals surface area contributed by atoms with Crippen LogP contribution in [0.3, 0.4) is 0 Å². The average Bonchev–Trinajstić information content (AvgIpc) is 2.84. The molecule has 2 N–H and O–H groups in total. The minimum absolute atomic E-state index is 0.0778. The van der Waals surface area contributed by atoms with E-state index in [4.69, 9.17) is 5.73 Å². The Labute approximate surface area is 109 Å². The van der Waals surface area contributed by atoms with Gasteiger partial charge >= 0.3 is 0 Å². The van der Waals surface area contributed by atoms with E-state index in [9.17, 15) is 0 Å². The van der Waals surface area contributed by atoms with Crippen LogP contribution in [0.25, 0.3) is 0 Å². The van der Waals surface area contributed by atoms with Crippen molar-refractivity contribution in [3.63, 3.8) is 0 Å². The number of hydrogen-bond acceptors (Lipinski definition) is 5.